The third-order valence-electron chi connectivity index (χ3n) is 9.36. The lowest BCUT2D eigenvalue weighted by atomic mass is 9.64. The fourth-order valence-corrected chi connectivity index (χ4v) is 7.42. The molecular weight excluding hydrogens is 480 g/mol. The first-order chi connectivity index (χ1) is 17.5. The maximum absolute atomic E-state index is 9.49. The van der Waals surface area contributed by atoms with Crippen LogP contribution in [0.5, 0.6) is 5.75 Å². The molecule has 2 spiro atoms. The van der Waals surface area contributed by atoms with E-state index in [1.165, 1.54) is 119 Å². The number of benzene rings is 2. The third-order valence-corrected chi connectivity index (χ3v) is 9.36. The van der Waals surface area contributed by atoms with Crippen molar-refractivity contribution in [3.63, 3.8) is 0 Å². The lowest BCUT2D eigenvalue weighted by molar-refractivity contribution is 0.162. The predicted molar refractivity (Wildman–Crippen MR) is 152 cm³/mol. The van der Waals surface area contributed by atoms with E-state index in [9.17, 15) is 13.5 Å². The molecule has 0 heterocycles. The zero-order valence-electron chi connectivity index (χ0n) is 22.9. The summed E-state index contributed by atoms with van der Waals surface area (Å²) in [6.45, 7) is 2.21. The van der Waals surface area contributed by atoms with Crippen LogP contribution in [-0.4, -0.2) is 24.3 Å². The molecule has 0 radical (unpaired) electrons. The Morgan fingerprint density at radius 1 is 0.649 bits per heavy atom. The Balaban J connectivity index is 0.000000147. The number of fused-ring (bicyclic) bond motifs is 2. The molecule has 5 heteroatoms. The average molecular weight is 527 g/mol. The molecule has 0 atom stereocenters. The van der Waals surface area contributed by atoms with Crippen molar-refractivity contribution in [2.75, 3.05) is 6.26 Å². The van der Waals surface area contributed by atoms with Crippen molar-refractivity contribution in [3.8, 4) is 5.75 Å². The van der Waals surface area contributed by atoms with E-state index in [1.54, 1.807) is 11.1 Å². The third kappa shape index (κ3) is 8.07. The van der Waals surface area contributed by atoms with Gasteiger partial charge in [-0.1, -0.05) is 68.4 Å². The molecule has 4 aliphatic rings. The highest BCUT2D eigenvalue weighted by Crippen LogP contribution is 2.47. The summed E-state index contributed by atoms with van der Waals surface area (Å²) in [6, 6.07) is 13.0. The summed E-state index contributed by atoms with van der Waals surface area (Å²) in [4.78, 5) is 0. The predicted octanol–water partition coefficient (Wildman–Crippen LogP) is 7.77. The number of aryl methyl sites for hydroxylation is 3. The van der Waals surface area contributed by atoms with Gasteiger partial charge < -0.3 is 5.11 Å². The quantitative estimate of drug-likeness (QED) is 0.344. The molecule has 0 bridgehead atoms. The Kier molecular flexibility index (Phi) is 9.06. The number of aromatic hydroxyl groups is 1. The number of phenolic OH excluding ortho intramolecular Hbond substituents is 1. The van der Waals surface area contributed by atoms with Gasteiger partial charge in [0.25, 0.3) is 10.1 Å². The van der Waals surface area contributed by atoms with Crippen molar-refractivity contribution >= 4 is 10.1 Å². The lowest BCUT2D eigenvalue weighted by Gasteiger charge is -2.41. The first-order valence-corrected chi connectivity index (χ1v) is 16.2. The molecule has 6 rings (SSSR count). The van der Waals surface area contributed by atoms with E-state index in [0.29, 0.717) is 22.8 Å². The monoisotopic (exact) mass is 526 g/mol. The van der Waals surface area contributed by atoms with Gasteiger partial charge in [-0.3, -0.25) is 4.55 Å². The van der Waals surface area contributed by atoms with Gasteiger partial charge in [0.1, 0.15) is 5.75 Å². The van der Waals surface area contributed by atoms with Crippen LogP contribution in [0.3, 0.4) is 0 Å². The molecule has 0 amide bonds. The summed E-state index contributed by atoms with van der Waals surface area (Å²) in [6.07, 6.45) is 23.1. The van der Waals surface area contributed by atoms with Gasteiger partial charge >= 0.3 is 0 Å². The van der Waals surface area contributed by atoms with Crippen molar-refractivity contribution in [1.82, 2.24) is 0 Å². The van der Waals surface area contributed by atoms with Crippen LogP contribution >= 0.6 is 0 Å². The van der Waals surface area contributed by atoms with Crippen LogP contribution in [0.25, 0.3) is 0 Å². The number of hydrogen-bond acceptors (Lipinski definition) is 3. The maximum atomic E-state index is 9.49. The van der Waals surface area contributed by atoms with Gasteiger partial charge in [-0.2, -0.15) is 8.42 Å². The Morgan fingerprint density at radius 3 is 1.57 bits per heavy atom. The molecule has 4 aliphatic carbocycles. The van der Waals surface area contributed by atoms with E-state index in [-0.39, 0.29) is 0 Å². The van der Waals surface area contributed by atoms with Crippen molar-refractivity contribution in [1.29, 1.82) is 0 Å². The van der Waals surface area contributed by atoms with Gasteiger partial charge in [-0.25, -0.2) is 0 Å². The van der Waals surface area contributed by atoms with E-state index >= 15 is 0 Å². The SMILES string of the molecule is CS(=O)(=O)O.Cc1ccc2c(c1)CCC1(CCCCC1)C2.Oc1ccc2c(c1)CCC1(CCCCC1)C2. The summed E-state index contributed by atoms with van der Waals surface area (Å²) in [5, 5.41) is 9.49. The van der Waals surface area contributed by atoms with Gasteiger partial charge in [0, 0.05) is 0 Å². The number of hydrogen-bond donors (Lipinski definition) is 2. The molecule has 2 N–H and O–H groups in total. The van der Waals surface area contributed by atoms with E-state index in [2.05, 4.69) is 31.2 Å². The van der Waals surface area contributed by atoms with E-state index < -0.39 is 10.1 Å². The molecule has 2 saturated carbocycles. The fraction of sp³-hybridized carbons (Fsp3) is 0.625. The molecule has 204 valence electrons. The van der Waals surface area contributed by atoms with Crippen LogP contribution in [0.2, 0.25) is 0 Å². The Hall–Kier alpha value is -1.85. The Bertz CT molecular complexity index is 1070. The van der Waals surface area contributed by atoms with Crippen molar-refractivity contribution in [2.45, 2.75) is 110 Å². The Labute approximate surface area is 224 Å². The topological polar surface area (TPSA) is 74.6 Å². The second-order valence-corrected chi connectivity index (χ2v) is 13.9. The van der Waals surface area contributed by atoms with Crippen LogP contribution in [0.1, 0.15) is 105 Å². The van der Waals surface area contributed by atoms with Crippen molar-refractivity contribution < 1.29 is 18.1 Å². The van der Waals surface area contributed by atoms with Crippen LogP contribution in [0.4, 0.5) is 0 Å². The molecule has 2 fully saturated rings. The molecule has 2 aromatic carbocycles. The van der Waals surface area contributed by atoms with Gasteiger partial charge in [-0.15, -0.1) is 0 Å². The second-order valence-electron chi connectivity index (χ2n) is 12.4. The number of rotatable bonds is 0. The number of phenols is 1. The van der Waals surface area contributed by atoms with Gasteiger partial charge in [0.2, 0.25) is 0 Å². The zero-order chi connectivity index (χ0) is 26.5. The fourth-order valence-electron chi connectivity index (χ4n) is 7.42. The summed E-state index contributed by atoms with van der Waals surface area (Å²) in [5.74, 6) is 0.429. The summed E-state index contributed by atoms with van der Waals surface area (Å²) in [5.41, 5.74) is 8.90. The minimum Gasteiger partial charge on any atom is -0.508 e. The van der Waals surface area contributed by atoms with E-state index in [4.69, 9.17) is 4.55 Å². The first kappa shape index (κ1) is 28.2. The average Bonchev–Trinajstić information content (AvgIpc) is 2.85. The minimum absolute atomic E-state index is 0.429. The zero-order valence-corrected chi connectivity index (χ0v) is 23.7. The van der Waals surface area contributed by atoms with Crippen molar-refractivity contribution in [2.24, 2.45) is 10.8 Å². The van der Waals surface area contributed by atoms with Crippen molar-refractivity contribution in [3.05, 3.63) is 64.2 Å². The van der Waals surface area contributed by atoms with Crippen LogP contribution in [0.15, 0.2) is 36.4 Å². The molecule has 4 nitrogen and oxygen atoms in total. The van der Waals surface area contributed by atoms with Gasteiger partial charge in [0.15, 0.2) is 0 Å². The van der Waals surface area contributed by atoms with Gasteiger partial charge in [-0.05, 0) is 116 Å². The van der Waals surface area contributed by atoms with E-state index in [0.717, 1.165) is 0 Å². The molecule has 0 saturated heterocycles. The normalized spacial score (nSPS) is 21.5. The lowest BCUT2D eigenvalue weighted by Crippen LogP contribution is -2.31. The van der Waals surface area contributed by atoms with Crippen LogP contribution in [0, 0.1) is 17.8 Å². The second kappa shape index (κ2) is 11.9. The molecule has 0 aromatic heterocycles. The Morgan fingerprint density at radius 2 is 1.08 bits per heavy atom. The highest BCUT2D eigenvalue weighted by molar-refractivity contribution is 7.85. The standard InChI is InChI=1S/C16H22.C15H20O.CH4O3S/c1-13-5-6-15-12-16(8-3-2-4-9-16)10-7-14(15)11-13;16-14-5-4-13-11-15(7-2-1-3-8-15)9-6-12(13)10-14;1-5(2,3)4/h5-6,11H,2-4,7-10,12H2,1H3;4-5,10,16H,1-3,6-9,11H2;1H3,(H,2,3,4). The molecule has 0 unspecified atom stereocenters. The molecular formula is C32H46O4S. The van der Waals surface area contributed by atoms with E-state index in [1.807, 2.05) is 12.1 Å². The summed E-state index contributed by atoms with van der Waals surface area (Å²) >= 11 is 0. The highest BCUT2D eigenvalue weighted by atomic mass is 32.2. The smallest absolute Gasteiger partial charge is 0.261 e. The molecule has 2 aromatic rings. The minimum atomic E-state index is -3.67. The van der Waals surface area contributed by atoms with Crippen LogP contribution < -0.4 is 0 Å². The first-order valence-electron chi connectivity index (χ1n) is 14.4. The summed E-state index contributed by atoms with van der Waals surface area (Å²) < 4.78 is 25.9. The summed E-state index contributed by atoms with van der Waals surface area (Å²) in [7, 11) is -3.67. The largest absolute Gasteiger partial charge is 0.508 e. The maximum Gasteiger partial charge on any atom is 0.261 e. The van der Waals surface area contributed by atoms with Gasteiger partial charge in [0.05, 0.1) is 6.26 Å². The molecule has 37 heavy (non-hydrogen) atoms. The van der Waals surface area contributed by atoms with Crippen LogP contribution in [-0.2, 0) is 35.8 Å². The highest BCUT2D eigenvalue weighted by Gasteiger charge is 2.36. The molecule has 0 aliphatic heterocycles.